The SMILES string of the molecule is O=C1NC2CCC1Cc1ccc([N+](=O)[O-])cc1C2. The van der Waals surface area contributed by atoms with Crippen molar-refractivity contribution in [2.24, 2.45) is 5.92 Å². The van der Waals surface area contributed by atoms with E-state index in [0.717, 1.165) is 24.0 Å². The number of hydrogen-bond acceptors (Lipinski definition) is 3. The molecular formula is C13H14N2O3. The minimum absolute atomic E-state index is 0.0294. The molecule has 5 nitrogen and oxygen atoms in total. The van der Waals surface area contributed by atoms with Crippen molar-refractivity contribution >= 4 is 11.6 Å². The quantitative estimate of drug-likeness (QED) is 0.604. The van der Waals surface area contributed by atoms with E-state index in [-0.39, 0.29) is 28.5 Å². The van der Waals surface area contributed by atoms with E-state index in [1.165, 1.54) is 6.07 Å². The van der Waals surface area contributed by atoms with E-state index < -0.39 is 0 Å². The maximum absolute atomic E-state index is 11.8. The number of amides is 1. The van der Waals surface area contributed by atoms with E-state index in [1.54, 1.807) is 12.1 Å². The van der Waals surface area contributed by atoms with Crippen molar-refractivity contribution in [3.63, 3.8) is 0 Å². The molecule has 94 valence electrons. The molecule has 1 aromatic carbocycles. The zero-order valence-electron chi connectivity index (χ0n) is 9.89. The van der Waals surface area contributed by atoms with Crippen LogP contribution in [0.5, 0.6) is 0 Å². The van der Waals surface area contributed by atoms with E-state index in [0.29, 0.717) is 12.8 Å². The summed E-state index contributed by atoms with van der Waals surface area (Å²) in [5.41, 5.74) is 2.24. The highest BCUT2D eigenvalue weighted by atomic mass is 16.6. The van der Waals surface area contributed by atoms with Gasteiger partial charge in [0, 0.05) is 24.1 Å². The summed E-state index contributed by atoms with van der Waals surface area (Å²) in [5, 5.41) is 13.8. The van der Waals surface area contributed by atoms with Crippen molar-refractivity contribution in [2.45, 2.75) is 31.7 Å². The summed E-state index contributed by atoms with van der Waals surface area (Å²) in [6, 6.07) is 5.13. The number of fused-ring (bicyclic) bond motifs is 2. The lowest BCUT2D eigenvalue weighted by Gasteiger charge is -2.33. The Bertz CT molecular complexity index is 527. The molecule has 2 atom stereocenters. The molecule has 4 rings (SSSR count). The first kappa shape index (κ1) is 11.2. The molecule has 2 heterocycles. The van der Waals surface area contributed by atoms with Crippen LogP contribution in [0.15, 0.2) is 18.2 Å². The van der Waals surface area contributed by atoms with E-state index in [1.807, 2.05) is 0 Å². The monoisotopic (exact) mass is 246 g/mol. The van der Waals surface area contributed by atoms with Gasteiger partial charge in [-0.3, -0.25) is 14.9 Å². The van der Waals surface area contributed by atoms with Gasteiger partial charge in [-0.15, -0.1) is 0 Å². The highest BCUT2D eigenvalue weighted by Crippen LogP contribution is 2.30. The number of nitro groups is 1. The number of nitrogens with one attached hydrogen (secondary N) is 1. The third-order valence-corrected chi connectivity index (χ3v) is 3.91. The van der Waals surface area contributed by atoms with Crippen LogP contribution >= 0.6 is 0 Å². The molecule has 1 aliphatic carbocycles. The summed E-state index contributed by atoms with van der Waals surface area (Å²) in [4.78, 5) is 22.2. The van der Waals surface area contributed by atoms with Crippen LogP contribution in [0.1, 0.15) is 24.0 Å². The number of piperidine rings is 1. The molecule has 0 radical (unpaired) electrons. The Morgan fingerprint density at radius 1 is 1.22 bits per heavy atom. The van der Waals surface area contributed by atoms with E-state index in [9.17, 15) is 14.9 Å². The molecule has 1 saturated heterocycles. The number of nitrogens with zero attached hydrogens (tertiary/aromatic N) is 1. The minimum Gasteiger partial charge on any atom is -0.353 e. The maximum atomic E-state index is 11.8. The van der Waals surface area contributed by atoms with Gasteiger partial charge in [-0.2, -0.15) is 0 Å². The Kier molecular flexibility index (Phi) is 2.54. The molecule has 1 fully saturated rings. The predicted octanol–water partition coefficient (Wildman–Crippen LogP) is 1.59. The van der Waals surface area contributed by atoms with Crippen LogP contribution in [0.3, 0.4) is 0 Å². The smallest absolute Gasteiger partial charge is 0.269 e. The van der Waals surface area contributed by atoms with Crippen molar-refractivity contribution in [3.8, 4) is 0 Å². The predicted molar refractivity (Wildman–Crippen MR) is 65.2 cm³/mol. The molecule has 18 heavy (non-hydrogen) atoms. The third kappa shape index (κ3) is 1.85. The first-order chi connectivity index (χ1) is 8.63. The van der Waals surface area contributed by atoms with Gasteiger partial charge >= 0.3 is 0 Å². The second-order valence-electron chi connectivity index (χ2n) is 5.10. The lowest BCUT2D eigenvalue weighted by atomic mass is 9.81. The number of carbonyl (C=O) groups excluding carboxylic acids is 1. The molecule has 1 N–H and O–H groups in total. The highest BCUT2D eigenvalue weighted by molar-refractivity contribution is 5.80. The first-order valence-corrected chi connectivity index (χ1v) is 6.20. The van der Waals surface area contributed by atoms with Gasteiger partial charge in [0.15, 0.2) is 0 Å². The topological polar surface area (TPSA) is 72.2 Å². The van der Waals surface area contributed by atoms with E-state index in [2.05, 4.69) is 5.32 Å². The molecule has 0 aromatic heterocycles. The molecule has 3 aliphatic rings. The summed E-state index contributed by atoms with van der Waals surface area (Å²) in [6.45, 7) is 0. The van der Waals surface area contributed by atoms with Gasteiger partial charge < -0.3 is 5.32 Å². The molecule has 5 heteroatoms. The molecule has 2 unspecified atom stereocenters. The number of hydrogen-bond donors (Lipinski definition) is 1. The van der Waals surface area contributed by atoms with Crippen molar-refractivity contribution in [3.05, 3.63) is 39.4 Å². The van der Waals surface area contributed by atoms with Gasteiger partial charge in [0.25, 0.3) is 5.69 Å². The van der Waals surface area contributed by atoms with Crippen LogP contribution in [-0.4, -0.2) is 16.9 Å². The Morgan fingerprint density at radius 3 is 2.78 bits per heavy atom. The number of nitro benzene ring substituents is 1. The van der Waals surface area contributed by atoms with Crippen LogP contribution in [0.2, 0.25) is 0 Å². The summed E-state index contributed by atoms with van der Waals surface area (Å²) >= 11 is 0. The second kappa shape index (κ2) is 4.08. The number of benzene rings is 1. The Hall–Kier alpha value is -1.91. The first-order valence-electron chi connectivity index (χ1n) is 6.20. The molecule has 0 saturated carbocycles. The van der Waals surface area contributed by atoms with Crippen molar-refractivity contribution in [1.29, 1.82) is 0 Å². The molecule has 0 spiro atoms. The minimum atomic E-state index is -0.365. The van der Waals surface area contributed by atoms with Gasteiger partial charge in [-0.05, 0) is 36.8 Å². The molecule has 1 aromatic rings. The fourth-order valence-electron chi connectivity index (χ4n) is 2.92. The average Bonchev–Trinajstić information content (AvgIpc) is 2.30. The van der Waals surface area contributed by atoms with Crippen molar-refractivity contribution in [2.75, 3.05) is 0 Å². The van der Waals surface area contributed by atoms with Crippen LogP contribution < -0.4 is 5.32 Å². The average molecular weight is 246 g/mol. The molecular weight excluding hydrogens is 232 g/mol. The standard InChI is InChI=1S/C13H14N2O3/c16-13-9-1-3-11(14-13)6-10-7-12(15(17)18)4-2-8(10)5-9/h2,4,7,9,11H,1,3,5-6H2,(H,14,16). The summed E-state index contributed by atoms with van der Waals surface area (Å²) in [7, 11) is 0. The summed E-state index contributed by atoms with van der Waals surface area (Å²) in [5.74, 6) is 0.164. The Labute approximate surface area is 104 Å². The van der Waals surface area contributed by atoms with Gasteiger partial charge in [-0.1, -0.05) is 6.07 Å². The summed E-state index contributed by atoms with van der Waals surface area (Å²) in [6.07, 6.45) is 3.30. The third-order valence-electron chi connectivity index (χ3n) is 3.91. The normalized spacial score (nSPS) is 25.9. The van der Waals surface area contributed by atoms with Crippen molar-refractivity contribution < 1.29 is 9.72 Å². The van der Waals surface area contributed by atoms with Gasteiger partial charge in [0.1, 0.15) is 0 Å². The fraction of sp³-hybridized carbons (Fsp3) is 0.462. The van der Waals surface area contributed by atoms with Gasteiger partial charge in [0.2, 0.25) is 5.91 Å². The number of rotatable bonds is 1. The van der Waals surface area contributed by atoms with Gasteiger partial charge in [0.05, 0.1) is 4.92 Å². The highest BCUT2D eigenvalue weighted by Gasteiger charge is 2.32. The zero-order valence-corrected chi connectivity index (χ0v) is 9.89. The lowest BCUT2D eigenvalue weighted by Crippen LogP contribution is -2.47. The van der Waals surface area contributed by atoms with Crippen LogP contribution in [-0.2, 0) is 17.6 Å². The van der Waals surface area contributed by atoms with E-state index >= 15 is 0 Å². The molecule has 2 bridgehead atoms. The Morgan fingerprint density at radius 2 is 2.06 bits per heavy atom. The van der Waals surface area contributed by atoms with E-state index in [4.69, 9.17) is 0 Å². The number of non-ortho nitro benzene ring substituents is 1. The molecule has 1 amide bonds. The Balaban J connectivity index is 2.01. The maximum Gasteiger partial charge on any atom is 0.269 e. The summed E-state index contributed by atoms with van der Waals surface area (Å²) < 4.78 is 0. The van der Waals surface area contributed by atoms with Crippen LogP contribution in [0.25, 0.3) is 0 Å². The van der Waals surface area contributed by atoms with Crippen LogP contribution in [0.4, 0.5) is 5.69 Å². The van der Waals surface area contributed by atoms with Crippen molar-refractivity contribution in [1.82, 2.24) is 5.32 Å². The second-order valence-corrected chi connectivity index (χ2v) is 5.10. The van der Waals surface area contributed by atoms with Crippen LogP contribution in [0, 0.1) is 16.0 Å². The largest absolute Gasteiger partial charge is 0.353 e. The lowest BCUT2D eigenvalue weighted by molar-refractivity contribution is -0.384. The van der Waals surface area contributed by atoms with Gasteiger partial charge in [-0.25, -0.2) is 0 Å². The zero-order chi connectivity index (χ0) is 12.7. The molecule has 2 aliphatic heterocycles. The number of carbonyl (C=O) groups is 1. The fourth-order valence-corrected chi connectivity index (χ4v) is 2.92.